The van der Waals surface area contributed by atoms with Crippen molar-refractivity contribution in [1.82, 2.24) is 19.8 Å². The van der Waals surface area contributed by atoms with E-state index in [0.717, 1.165) is 50.6 Å². The van der Waals surface area contributed by atoms with Crippen LogP contribution in [-0.4, -0.2) is 41.1 Å². The Hall–Kier alpha value is -1.83. The van der Waals surface area contributed by atoms with E-state index in [1.807, 2.05) is 19.3 Å². The first-order chi connectivity index (χ1) is 12.7. The van der Waals surface area contributed by atoms with Crippen LogP contribution in [-0.2, 0) is 19.5 Å². The van der Waals surface area contributed by atoms with E-state index in [1.54, 1.807) is 0 Å². The Kier molecular flexibility index (Phi) is 11.5. The zero-order valence-corrected chi connectivity index (χ0v) is 18.8. The van der Waals surface area contributed by atoms with Crippen LogP contribution in [0.1, 0.15) is 30.7 Å². The molecule has 0 aliphatic rings. The van der Waals surface area contributed by atoms with Gasteiger partial charge in [0.25, 0.3) is 0 Å². The summed E-state index contributed by atoms with van der Waals surface area (Å²) in [6.07, 6.45) is 10.2. The quantitative estimate of drug-likeness (QED) is 0.183. The maximum absolute atomic E-state index is 4.50. The molecule has 1 N–H and O–H groups in total. The van der Waals surface area contributed by atoms with Crippen molar-refractivity contribution in [2.75, 3.05) is 20.6 Å². The Labute approximate surface area is 180 Å². The van der Waals surface area contributed by atoms with Crippen molar-refractivity contribution in [1.29, 1.82) is 0 Å². The molecule has 2 aromatic rings. The van der Waals surface area contributed by atoms with Crippen LogP contribution in [0.4, 0.5) is 0 Å². The molecule has 0 saturated carbocycles. The van der Waals surface area contributed by atoms with E-state index in [-0.39, 0.29) is 24.0 Å². The lowest BCUT2D eigenvalue weighted by Gasteiger charge is -2.22. The lowest BCUT2D eigenvalue weighted by Crippen LogP contribution is -2.39. The highest BCUT2D eigenvalue weighted by molar-refractivity contribution is 14.0. The van der Waals surface area contributed by atoms with Crippen LogP contribution in [0, 0.1) is 0 Å². The second kappa shape index (κ2) is 13.4. The van der Waals surface area contributed by atoms with Gasteiger partial charge in [0, 0.05) is 39.6 Å². The summed E-state index contributed by atoms with van der Waals surface area (Å²) in [6.45, 7) is 6.38. The molecule has 27 heavy (non-hydrogen) atoms. The Balaban J connectivity index is 0.00000364. The van der Waals surface area contributed by atoms with Gasteiger partial charge in [0.2, 0.25) is 0 Å². The Morgan fingerprint density at radius 3 is 2.78 bits per heavy atom. The highest BCUT2D eigenvalue weighted by Crippen LogP contribution is 2.06. The molecule has 0 aliphatic carbocycles. The molecule has 6 heteroatoms. The van der Waals surface area contributed by atoms with Crippen molar-refractivity contribution in [2.24, 2.45) is 4.99 Å². The lowest BCUT2D eigenvalue weighted by atomic mass is 10.1. The topological polar surface area (TPSA) is 45.4 Å². The number of hydrogen-bond acceptors (Lipinski definition) is 2. The zero-order valence-electron chi connectivity index (χ0n) is 16.5. The van der Waals surface area contributed by atoms with Gasteiger partial charge in [0.15, 0.2) is 5.96 Å². The number of hydrogen-bond donors (Lipinski definition) is 1. The van der Waals surface area contributed by atoms with Gasteiger partial charge in [-0.25, -0.2) is 4.98 Å². The van der Waals surface area contributed by atoms with Gasteiger partial charge in [0.05, 0.1) is 6.54 Å². The third-order valence-electron chi connectivity index (χ3n) is 4.39. The zero-order chi connectivity index (χ0) is 18.6. The van der Waals surface area contributed by atoms with Crippen LogP contribution in [0.2, 0.25) is 0 Å². The minimum atomic E-state index is 0. The second-order valence-electron chi connectivity index (χ2n) is 6.38. The third-order valence-corrected chi connectivity index (χ3v) is 4.39. The minimum absolute atomic E-state index is 0. The number of aromatic nitrogens is 2. The van der Waals surface area contributed by atoms with Crippen LogP contribution in [0.3, 0.4) is 0 Å². The predicted molar refractivity (Wildman–Crippen MR) is 125 cm³/mol. The molecule has 0 fully saturated rings. The molecular formula is C21H32IN5. The Morgan fingerprint density at radius 2 is 2.07 bits per heavy atom. The van der Waals surface area contributed by atoms with Crippen LogP contribution in [0.15, 0.2) is 60.4 Å². The molecule has 0 spiro atoms. The largest absolute Gasteiger partial charge is 0.349 e. The van der Waals surface area contributed by atoms with Crippen molar-refractivity contribution in [3.05, 3.63) is 66.8 Å². The van der Waals surface area contributed by atoms with Gasteiger partial charge in [-0.2, -0.15) is 0 Å². The van der Waals surface area contributed by atoms with Crippen molar-refractivity contribution in [3.63, 3.8) is 0 Å². The SMILES string of the molecule is C=CCCCN(C)C(=NC)NCc1nccn1CCCc1ccccc1.I. The molecule has 2 rings (SSSR count). The van der Waals surface area contributed by atoms with Gasteiger partial charge in [-0.1, -0.05) is 36.4 Å². The van der Waals surface area contributed by atoms with E-state index in [4.69, 9.17) is 0 Å². The Morgan fingerprint density at radius 1 is 1.30 bits per heavy atom. The monoisotopic (exact) mass is 481 g/mol. The molecule has 0 atom stereocenters. The number of nitrogens with zero attached hydrogens (tertiary/aromatic N) is 4. The summed E-state index contributed by atoms with van der Waals surface area (Å²) in [4.78, 5) is 11.0. The molecule has 1 aromatic heterocycles. The number of nitrogens with one attached hydrogen (secondary N) is 1. The van der Waals surface area contributed by atoms with Crippen molar-refractivity contribution in [2.45, 2.75) is 38.8 Å². The number of aryl methyl sites for hydroxylation is 2. The normalized spacial score (nSPS) is 11.0. The first-order valence-corrected chi connectivity index (χ1v) is 9.31. The molecule has 0 saturated heterocycles. The summed E-state index contributed by atoms with van der Waals surface area (Å²) in [6, 6.07) is 10.6. The Bertz CT molecular complexity index is 681. The van der Waals surface area contributed by atoms with Gasteiger partial charge in [-0.05, 0) is 31.2 Å². The fraction of sp³-hybridized carbons (Fsp3) is 0.429. The number of imidazole rings is 1. The van der Waals surface area contributed by atoms with E-state index in [1.165, 1.54) is 5.56 Å². The summed E-state index contributed by atoms with van der Waals surface area (Å²) in [7, 11) is 3.88. The van der Waals surface area contributed by atoms with E-state index in [0.29, 0.717) is 6.54 Å². The van der Waals surface area contributed by atoms with Crippen molar-refractivity contribution >= 4 is 29.9 Å². The smallest absolute Gasteiger partial charge is 0.193 e. The van der Waals surface area contributed by atoms with Crippen LogP contribution in [0.25, 0.3) is 0 Å². The molecule has 0 radical (unpaired) electrons. The molecule has 1 aromatic carbocycles. The fourth-order valence-corrected chi connectivity index (χ4v) is 2.93. The summed E-state index contributed by atoms with van der Waals surface area (Å²) >= 11 is 0. The number of aliphatic imine (C=N–C) groups is 1. The number of halogens is 1. The predicted octanol–water partition coefficient (Wildman–Crippen LogP) is 4.11. The number of allylic oxidation sites excluding steroid dienone is 1. The highest BCUT2D eigenvalue weighted by atomic mass is 127. The molecule has 0 aliphatic heterocycles. The van der Waals surface area contributed by atoms with Crippen LogP contribution < -0.4 is 5.32 Å². The maximum atomic E-state index is 4.50. The minimum Gasteiger partial charge on any atom is -0.349 e. The molecule has 0 bridgehead atoms. The van der Waals surface area contributed by atoms with Crippen molar-refractivity contribution in [3.8, 4) is 0 Å². The van der Waals surface area contributed by atoms with Gasteiger partial charge >= 0.3 is 0 Å². The standard InChI is InChI=1S/C21H31N5.HI/c1-4-5-9-15-25(3)21(22-2)24-18-20-23-14-17-26(20)16-10-13-19-11-7-6-8-12-19;/h4,6-8,11-12,14,17H,1,5,9-10,13,15-16,18H2,2-3H3,(H,22,24);1H. The third kappa shape index (κ3) is 8.15. The highest BCUT2D eigenvalue weighted by Gasteiger charge is 2.08. The number of unbranched alkanes of at least 4 members (excludes halogenated alkanes) is 1. The van der Waals surface area contributed by atoms with Gasteiger partial charge < -0.3 is 14.8 Å². The van der Waals surface area contributed by atoms with Crippen LogP contribution in [0.5, 0.6) is 0 Å². The van der Waals surface area contributed by atoms with Crippen molar-refractivity contribution < 1.29 is 0 Å². The first-order valence-electron chi connectivity index (χ1n) is 9.31. The van der Waals surface area contributed by atoms with Crippen LogP contribution >= 0.6 is 24.0 Å². The number of benzene rings is 1. The van der Waals surface area contributed by atoms with E-state index in [2.05, 4.69) is 74.9 Å². The molecule has 148 valence electrons. The number of guanidine groups is 1. The molecule has 0 unspecified atom stereocenters. The average Bonchev–Trinajstić information content (AvgIpc) is 3.11. The second-order valence-corrected chi connectivity index (χ2v) is 6.38. The summed E-state index contributed by atoms with van der Waals surface area (Å²) in [5, 5.41) is 3.41. The van der Waals surface area contributed by atoms with Gasteiger partial charge in [-0.15, -0.1) is 30.6 Å². The molecular weight excluding hydrogens is 449 g/mol. The first kappa shape index (κ1) is 23.2. The maximum Gasteiger partial charge on any atom is 0.193 e. The molecule has 1 heterocycles. The number of rotatable bonds is 10. The van der Waals surface area contributed by atoms with Gasteiger partial charge in [0.1, 0.15) is 5.82 Å². The molecule has 0 amide bonds. The van der Waals surface area contributed by atoms with E-state index in [9.17, 15) is 0 Å². The summed E-state index contributed by atoms with van der Waals surface area (Å²) < 4.78 is 2.22. The average molecular weight is 481 g/mol. The lowest BCUT2D eigenvalue weighted by molar-refractivity contribution is 0.467. The van der Waals surface area contributed by atoms with E-state index < -0.39 is 0 Å². The van der Waals surface area contributed by atoms with Gasteiger partial charge in [-0.3, -0.25) is 4.99 Å². The summed E-state index contributed by atoms with van der Waals surface area (Å²) in [5.74, 6) is 1.94. The fourth-order valence-electron chi connectivity index (χ4n) is 2.93. The van der Waals surface area contributed by atoms with E-state index >= 15 is 0 Å². The summed E-state index contributed by atoms with van der Waals surface area (Å²) in [5.41, 5.74) is 1.38. The molecule has 5 nitrogen and oxygen atoms in total.